The van der Waals surface area contributed by atoms with Crippen LogP contribution >= 0.6 is 11.6 Å². The van der Waals surface area contributed by atoms with E-state index in [1.807, 2.05) is 6.07 Å². The second kappa shape index (κ2) is 6.13. The quantitative estimate of drug-likeness (QED) is 0.824. The van der Waals surface area contributed by atoms with Crippen molar-refractivity contribution in [2.75, 3.05) is 25.6 Å². The molecular formula is C16H22ClNO3. The number of nitrogen functional groups attached to an aromatic ring is 1. The molecule has 0 amide bonds. The molecule has 0 saturated carbocycles. The lowest BCUT2D eigenvalue weighted by molar-refractivity contribution is -0.159. The van der Waals surface area contributed by atoms with Gasteiger partial charge in [0.1, 0.15) is 0 Å². The lowest BCUT2D eigenvalue weighted by atomic mass is 9.77. The van der Waals surface area contributed by atoms with Crippen molar-refractivity contribution in [3.8, 4) is 0 Å². The van der Waals surface area contributed by atoms with Crippen LogP contribution in [0.2, 0.25) is 5.02 Å². The van der Waals surface area contributed by atoms with Crippen LogP contribution in [-0.4, -0.2) is 30.5 Å². The predicted molar refractivity (Wildman–Crippen MR) is 82.3 cm³/mol. The van der Waals surface area contributed by atoms with E-state index in [0.717, 1.165) is 44.5 Å². The summed E-state index contributed by atoms with van der Waals surface area (Å²) in [5.41, 5.74) is 7.21. The first kappa shape index (κ1) is 15.1. The van der Waals surface area contributed by atoms with E-state index in [9.17, 15) is 5.11 Å². The normalized spacial score (nSPS) is 26.7. The molecule has 0 bridgehead atoms. The second-order valence-corrected chi connectivity index (χ2v) is 6.55. The van der Waals surface area contributed by atoms with E-state index >= 15 is 0 Å². The Labute approximate surface area is 130 Å². The number of aliphatic hydroxyl groups excluding tert-OH is 1. The first-order valence-electron chi connectivity index (χ1n) is 7.54. The molecule has 2 fully saturated rings. The van der Waals surface area contributed by atoms with Crippen molar-refractivity contribution in [2.24, 2.45) is 5.92 Å². The molecule has 0 aromatic heterocycles. The van der Waals surface area contributed by atoms with Crippen molar-refractivity contribution in [1.29, 1.82) is 0 Å². The van der Waals surface area contributed by atoms with E-state index in [1.54, 1.807) is 12.1 Å². The van der Waals surface area contributed by atoms with Crippen LogP contribution in [0.25, 0.3) is 0 Å². The van der Waals surface area contributed by atoms with E-state index in [1.165, 1.54) is 0 Å². The predicted octanol–water partition coefficient (Wildman–Crippen LogP) is 2.93. The Balaban J connectivity index is 1.76. The molecule has 2 aliphatic heterocycles. The van der Waals surface area contributed by atoms with Crippen LogP contribution in [0.1, 0.15) is 37.4 Å². The highest BCUT2D eigenvalue weighted by Gasteiger charge is 2.41. The molecule has 5 heteroatoms. The number of hydrogen-bond acceptors (Lipinski definition) is 4. The minimum absolute atomic E-state index is 0.122. The van der Waals surface area contributed by atoms with E-state index < -0.39 is 6.10 Å². The molecule has 3 rings (SSSR count). The van der Waals surface area contributed by atoms with Gasteiger partial charge in [0.05, 0.1) is 11.7 Å². The number of benzene rings is 1. The van der Waals surface area contributed by atoms with Gasteiger partial charge in [-0.3, -0.25) is 0 Å². The third-order valence-electron chi connectivity index (χ3n) is 4.75. The highest BCUT2D eigenvalue weighted by atomic mass is 35.5. The minimum Gasteiger partial charge on any atom is -0.398 e. The van der Waals surface area contributed by atoms with Crippen molar-refractivity contribution in [2.45, 2.75) is 37.4 Å². The third kappa shape index (κ3) is 3.19. The molecule has 21 heavy (non-hydrogen) atoms. The summed E-state index contributed by atoms with van der Waals surface area (Å²) in [5, 5.41) is 11.3. The van der Waals surface area contributed by atoms with Crippen molar-refractivity contribution in [3.05, 3.63) is 28.8 Å². The summed E-state index contributed by atoms with van der Waals surface area (Å²) in [6.45, 7) is 2.17. The van der Waals surface area contributed by atoms with Crippen LogP contribution in [0.3, 0.4) is 0 Å². The zero-order valence-corrected chi connectivity index (χ0v) is 12.8. The Bertz CT molecular complexity index is 497. The molecule has 116 valence electrons. The molecule has 0 radical (unpaired) electrons. The largest absolute Gasteiger partial charge is 0.398 e. The van der Waals surface area contributed by atoms with Crippen LogP contribution in [0.15, 0.2) is 18.2 Å². The fourth-order valence-electron chi connectivity index (χ4n) is 3.50. The van der Waals surface area contributed by atoms with Gasteiger partial charge < -0.3 is 20.3 Å². The Morgan fingerprint density at radius 1 is 1.29 bits per heavy atom. The molecule has 0 aliphatic carbocycles. The molecular weight excluding hydrogens is 290 g/mol. The number of halogens is 1. The summed E-state index contributed by atoms with van der Waals surface area (Å²) in [4.78, 5) is 0. The zero-order valence-electron chi connectivity index (χ0n) is 12.1. The first-order valence-corrected chi connectivity index (χ1v) is 7.92. The maximum atomic E-state index is 10.7. The van der Waals surface area contributed by atoms with Crippen LogP contribution in [0, 0.1) is 5.92 Å². The molecule has 2 saturated heterocycles. The van der Waals surface area contributed by atoms with E-state index in [2.05, 4.69) is 0 Å². The zero-order chi connectivity index (χ0) is 14.9. The Morgan fingerprint density at radius 3 is 2.76 bits per heavy atom. The third-order valence-corrected chi connectivity index (χ3v) is 4.98. The number of hydrogen-bond donors (Lipinski definition) is 2. The molecule has 2 aliphatic rings. The van der Waals surface area contributed by atoms with Gasteiger partial charge >= 0.3 is 0 Å². The summed E-state index contributed by atoms with van der Waals surface area (Å²) >= 11 is 5.93. The summed E-state index contributed by atoms with van der Waals surface area (Å²) in [7, 11) is 0. The van der Waals surface area contributed by atoms with Gasteiger partial charge in [-0.05, 0) is 43.7 Å². The highest BCUT2D eigenvalue weighted by molar-refractivity contribution is 6.30. The lowest BCUT2D eigenvalue weighted by Crippen LogP contribution is -2.45. The van der Waals surface area contributed by atoms with Gasteiger partial charge in [0, 0.05) is 36.1 Å². The number of aliphatic hydroxyl groups is 1. The van der Waals surface area contributed by atoms with Crippen molar-refractivity contribution in [3.63, 3.8) is 0 Å². The fraction of sp³-hybridized carbons (Fsp3) is 0.625. The van der Waals surface area contributed by atoms with Gasteiger partial charge in [-0.2, -0.15) is 0 Å². The number of anilines is 1. The van der Waals surface area contributed by atoms with Gasteiger partial charge in [0.2, 0.25) is 0 Å². The van der Waals surface area contributed by atoms with Crippen LogP contribution < -0.4 is 5.73 Å². The summed E-state index contributed by atoms with van der Waals surface area (Å²) in [6, 6.07) is 5.30. The molecule has 3 N–H and O–H groups in total. The maximum Gasteiger partial charge on any atom is 0.0839 e. The Hall–Kier alpha value is -0.810. The van der Waals surface area contributed by atoms with Gasteiger partial charge in [-0.25, -0.2) is 0 Å². The molecule has 2 unspecified atom stereocenters. The van der Waals surface area contributed by atoms with Gasteiger partial charge in [0.25, 0.3) is 0 Å². The Morgan fingerprint density at radius 2 is 2.05 bits per heavy atom. The lowest BCUT2D eigenvalue weighted by Gasteiger charge is -2.44. The van der Waals surface area contributed by atoms with Crippen LogP contribution in [0.5, 0.6) is 0 Å². The summed E-state index contributed by atoms with van der Waals surface area (Å²) in [6.07, 6.45) is 2.97. The maximum absolute atomic E-state index is 10.7. The number of ether oxygens (including phenoxy) is 2. The smallest absolute Gasteiger partial charge is 0.0839 e. The van der Waals surface area contributed by atoms with E-state index in [-0.39, 0.29) is 11.5 Å². The van der Waals surface area contributed by atoms with Gasteiger partial charge in [-0.15, -0.1) is 0 Å². The van der Waals surface area contributed by atoms with E-state index in [0.29, 0.717) is 17.3 Å². The van der Waals surface area contributed by atoms with Crippen molar-refractivity contribution < 1.29 is 14.6 Å². The molecule has 2 heterocycles. The topological polar surface area (TPSA) is 64.7 Å². The molecule has 2 atom stereocenters. The molecule has 4 nitrogen and oxygen atoms in total. The Kier molecular flexibility index (Phi) is 4.41. The standard InChI is InChI=1S/C16H22ClNO3/c17-12-1-2-13(14(18)9-12)15(19)11-3-6-21-16(10-11)4-7-20-8-5-16/h1-2,9,11,15,19H,3-8,10,18H2. The van der Waals surface area contributed by atoms with Crippen molar-refractivity contribution >= 4 is 17.3 Å². The number of rotatable bonds is 2. The molecule has 1 aromatic rings. The van der Waals surface area contributed by atoms with Crippen molar-refractivity contribution in [1.82, 2.24) is 0 Å². The number of nitrogens with two attached hydrogens (primary N) is 1. The highest BCUT2D eigenvalue weighted by Crippen LogP contribution is 2.42. The van der Waals surface area contributed by atoms with Gasteiger partial charge in [0.15, 0.2) is 0 Å². The summed E-state index contributed by atoms with van der Waals surface area (Å²) < 4.78 is 11.5. The average molecular weight is 312 g/mol. The second-order valence-electron chi connectivity index (χ2n) is 6.11. The van der Waals surface area contributed by atoms with Crippen LogP contribution in [-0.2, 0) is 9.47 Å². The molecule has 1 spiro atoms. The van der Waals surface area contributed by atoms with Crippen LogP contribution in [0.4, 0.5) is 5.69 Å². The summed E-state index contributed by atoms with van der Waals surface area (Å²) in [5.74, 6) is 0.167. The average Bonchev–Trinajstić information content (AvgIpc) is 2.47. The first-order chi connectivity index (χ1) is 10.1. The monoisotopic (exact) mass is 311 g/mol. The SMILES string of the molecule is Nc1cc(Cl)ccc1C(O)C1CCOC2(CCOCC2)C1. The van der Waals surface area contributed by atoms with E-state index in [4.69, 9.17) is 26.8 Å². The molecule has 1 aromatic carbocycles. The fourth-order valence-corrected chi connectivity index (χ4v) is 3.68. The van der Waals surface area contributed by atoms with Gasteiger partial charge in [-0.1, -0.05) is 17.7 Å². The minimum atomic E-state index is -0.564.